The number of thioether (sulfide) groups is 1. The van der Waals surface area contributed by atoms with Gasteiger partial charge in [-0.25, -0.2) is 0 Å². The second-order valence-electron chi connectivity index (χ2n) is 2.41. The van der Waals surface area contributed by atoms with Crippen LogP contribution in [0.25, 0.3) is 0 Å². The summed E-state index contributed by atoms with van der Waals surface area (Å²) in [6, 6.07) is 0. The Morgan fingerprint density at radius 3 is 3.00 bits per heavy atom. The average molecular weight is 186 g/mol. The van der Waals surface area contributed by atoms with E-state index in [0.717, 1.165) is 10.6 Å². The molecule has 0 aliphatic rings. The number of nitrogens with zero attached hydrogens (tertiary/aromatic N) is 2. The van der Waals surface area contributed by atoms with Gasteiger partial charge >= 0.3 is 5.97 Å². The van der Waals surface area contributed by atoms with E-state index in [0.29, 0.717) is 0 Å². The fourth-order valence-electron chi connectivity index (χ4n) is 0.973. The molecule has 4 nitrogen and oxygen atoms in total. The predicted molar refractivity (Wildman–Crippen MR) is 46.3 cm³/mol. The zero-order valence-electron chi connectivity index (χ0n) is 6.94. The Morgan fingerprint density at radius 1 is 1.83 bits per heavy atom. The van der Waals surface area contributed by atoms with E-state index in [1.165, 1.54) is 11.8 Å². The molecule has 0 atom stereocenters. The molecule has 0 aromatic carbocycles. The summed E-state index contributed by atoms with van der Waals surface area (Å²) in [5.41, 5.74) is 0.775. The van der Waals surface area contributed by atoms with E-state index in [9.17, 15) is 4.79 Å². The normalized spacial score (nSPS) is 10.2. The molecule has 1 aromatic rings. The highest BCUT2D eigenvalue weighted by atomic mass is 32.2. The van der Waals surface area contributed by atoms with Crippen LogP contribution in [0.15, 0.2) is 11.2 Å². The van der Waals surface area contributed by atoms with E-state index in [1.807, 2.05) is 6.26 Å². The summed E-state index contributed by atoms with van der Waals surface area (Å²) in [6.07, 6.45) is 3.66. The maximum Gasteiger partial charge on any atom is 0.307 e. The van der Waals surface area contributed by atoms with Crippen LogP contribution in [0.5, 0.6) is 0 Å². The van der Waals surface area contributed by atoms with Crippen molar-refractivity contribution in [2.24, 2.45) is 7.05 Å². The van der Waals surface area contributed by atoms with Crippen molar-refractivity contribution in [1.82, 2.24) is 9.78 Å². The highest BCUT2D eigenvalue weighted by Gasteiger charge is 2.09. The van der Waals surface area contributed by atoms with Gasteiger partial charge in [-0.1, -0.05) is 0 Å². The summed E-state index contributed by atoms with van der Waals surface area (Å²) < 4.78 is 1.63. The number of carboxylic acids is 1. The summed E-state index contributed by atoms with van der Waals surface area (Å²) >= 11 is 1.46. The van der Waals surface area contributed by atoms with Gasteiger partial charge in [0.05, 0.1) is 6.42 Å². The first-order valence-corrected chi connectivity index (χ1v) is 4.64. The van der Waals surface area contributed by atoms with E-state index in [-0.39, 0.29) is 6.42 Å². The standard InChI is InChI=1S/C7H10N2O2S/c1-9-4-5(3-6(10)11)7(8-9)12-2/h4H,3H2,1-2H3,(H,10,11). The van der Waals surface area contributed by atoms with E-state index in [4.69, 9.17) is 5.11 Å². The van der Waals surface area contributed by atoms with Crippen molar-refractivity contribution in [1.29, 1.82) is 0 Å². The summed E-state index contributed by atoms with van der Waals surface area (Å²) in [4.78, 5) is 10.4. The lowest BCUT2D eigenvalue weighted by Crippen LogP contribution is -1.99. The van der Waals surface area contributed by atoms with Gasteiger partial charge in [0, 0.05) is 18.8 Å². The monoisotopic (exact) mass is 186 g/mol. The summed E-state index contributed by atoms with van der Waals surface area (Å²) in [7, 11) is 1.78. The third-order valence-corrected chi connectivity index (χ3v) is 2.13. The largest absolute Gasteiger partial charge is 0.481 e. The highest BCUT2D eigenvalue weighted by molar-refractivity contribution is 7.98. The number of hydrogen-bond donors (Lipinski definition) is 1. The molecule has 1 heterocycles. The van der Waals surface area contributed by atoms with Gasteiger partial charge in [0.2, 0.25) is 0 Å². The lowest BCUT2D eigenvalue weighted by atomic mass is 10.3. The summed E-state index contributed by atoms with van der Waals surface area (Å²) in [5.74, 6) is -0.821. The van der Waals surface area contributed by atoms with Crippen LogP contribution in [0.3, 0.4) is 0 Å². The first-order chi connectivity index (χ1) is 5.63. The van der Waals surface area contributed by atoms with Crippen molar-refractivity contribution in [3.8, 4) is 0 Å². The molecule has 0 saturated heterocycles. The molecule has 0 aliphatic carbocycles. The third-order valence-electron chi connectivity index (χ3n) is 1.40. The van der Waals surface area contributed by atoms with Crippen molar-refractivity contribution in [3.05, 3.63) is 11.8 Å². The lowest BCUT2D eigenvalue weighted by molar-refractivity contribution is -0.136. The second kappa shape index (κ2) is 3.62. The highest BCUT2D eigenvalue weighted by Crippen LogP contribution is 2.17. The SMILES string of the molecule is CSc1nn(C)cc1CC(=O)O. The maximum absolute atomic E-state index is 10.4. The fraction of sp³-hybridized carbons (Fsp3) is 0.429. The van der Waals surface area contributed by atoms with Crippen LogP contribution in [-0.4, -0.2) is 27.1 Å². The molecule has 0 aliphatic heterocycles. The molecule has 66 valence electrons. The number of hydrogen-bond acceptors (Lipinski definition) is 3. The topological polar surface area (TPSA) is 55.1 Å². The van der Waals surface area contributed by atoms with Gasteiger partial charge in [-0.05, 0) is 6.26 Å². The zero-order valence-corrected chi connectivity index (χ0v) is 7.76. The van der Waals surface area contributed by atoms with E-state index in [1.54, 1.807) is 17.9 Å². The Kier molecular flexibility index (Phi) is 2.75. The van der Waals surface area contributed by atoms with Gasteiger partial charge in [-0.15, -0.1) is 11.8 Å². The molecule has 1 aromatic heterocycles. The molecule has 0 spiro atoms. The molecule has 0 fully saturated rings. The van der Waals surface area contributed by atoms with Crippen molar-refractivity contribution in [2.45, 2.75) is 11.4 Å². The average Bonchev–Trinajstić information content (AvgIpc) is 2.29. The molecule has 0 unspecified atom stereocenters. The minimum atomic E-state index is -0.821. The van der Waals surface area contributed by atoms with Gasteiger partial charge in [0.25, 0.3) is 0 Å². The Bertz CT molecular complexity index is 296. The maximum atomic E-state index is 10.4. The van der Waals surface area contributed by atoms with Crippen LogP contribution >= 0.6 is 11.8 Å². The van der Waals surface area contributed by atoms with Crippen LogP contribution in [0.4, 0.5) is 0 Å². The van der Waals surface area contributed by atoms with Gasteiger partial charge in [0.1, 0.15) is 5.03 Å². The van der Waals surface area contributed by atoms with Crippen molar-refractivity contribution in [2.75, 3.05) is 6.26 Å². The van der Waals surface area contributed by atoms with E-state index in [2.05, 4.69) is 5.10 Å². The minimum absolute atomic E-state index is 0.0456. The van der Waals surface area contributed by atoms with Gasteiger partial charge in [-0.2, -0.15) is 5.10 Å². The smallest absolute Gasteiger partial charge is 0.307 e. The van der Waals surface area contributed by atoms with Gasteiger partial charge in [0.15, 0.2) is 0 Å². The van der Waals surface area contributed by atoms with E-state index < -0.39 is 5.97 Å². The number of aromatic nitrogens is 2. The number of aryl methyl sites for hydroxylation is 1. The number of carbonyl (C=O) groups is 1. The molecule has 5 heteroatoms. The first kappa shape index (κ1) is 9.12. The van der Waals surface area contributed by atoms with Gasteiger partial charge < -0.3 is 5.11 Å². The number of aliphatic carboxylic acids is 1. The second-order valence-corrected chi connectivity index (χ2v) is 3.20. The molecule has 0 radical (unpaired) electrons. The quantitative estimate of drug-likeness (QED) is 0.708. The van der Waals surface area contributed by atoms with Crippen molar-refractivity contribution in [3.63, 3.8) is 0 Å². The Balaban J connectivity index is 2.89. The van der Waals surface area contributed by atoms with Crippen LogP contribution in [0.1, 0.15) is 5.56 Å². The predicted octanol–water partition coefficient (Wildman–Crippen LogP) is 0.769. The first-order valence-electron chi connectivity index (χ1n) is 3.41. The van der Waals surface area contributed by atoms with Crippen molar-refractivity contribution < 1.29 is 9.90 Å². The molecule has 0 bridgehead atoms. The molecule has 1 rings (SSSR count). The fourth-order valence-corrected chi connectivity index (χ4v) is 1.57. The number of carboxylic acid groups (broad SMARTS) is 1. The molecule has 0 saturated carbocycles. The Labute approximate surface area is 74.6 Å². The van der Waals surface area contributed by atoms with Crippen molar-refractivity contribution >= 4 is 17.7 Å². The third kappa shape index (κ3) is 2.01. The summed E-state index contributed by atoms with van der Waals surface area (Å²) in [5, 5.41) is 13.4. The molecule has 0 amide bonds. The Hall–Kier alpha value is -0.970. The van der Waals surface area contributed by atoms with Crippen LogP contribution in [-0.2, 0) is 18.3 Å². The Morgan fingerprint density at radius 2 is 2.50 bits per heavy atom. The molecule has 12 heavy (non-hydrogen) atoms. The molecular weight excluding hydrogens is 176 g/mol. The number of rotatable bonds is 3. The van der Waals surface area contributed by atoms with Crippen LogP contribution < -0.4 is 0 Å². The van der Waals surface area contributed by atoms with Crippen LogP contribution in [0, 0.1) is 0 Å². The van der Waals surface area contributed by atoms with Gasteiger partial charge in [-0.3, -0.25) is 9.48 Å². The van der Waals surface area contributed by atoms with Crippen LogP contribution in [0.2, 0.25) is 0 Å². The summed E-state index contributed by atoms with van der Waals surface area (Å²) in [6.45, 7) is 0. The lowest BCUT2D eigenvalue weighted by Gasteiger charge is -1.92. The molecule has 1 N–H and O–H groups in total. The zero-order chi connectivity index (χ0) is 9.14. The molecular formula is C7H10N2O2S. The minimum Gasteiger partial charge on any atom is -0.481 e. The van der Waals surface area contributed by atoms with E-state index >= 15 is 0 Å².